The smallest absolute Gasteiger partial charge is 0.495 e. The molecule has 0 aliphatic rings. The number of hydrogen-bond donors (Lipinski definition) is 2. The Kier molecular flexibility index (Phi) is 7.28. The minimum atomic E-state index is -5.08. The van der Waals surface area contributed by atoms with Crippen molar-refractivity contribution >= 4 is 39.7 Å². The van der Waals surface area contributed by atoms with Gasteiger partial charge in [0.25, 0.3) is 0 Å². The van der Waals surface area contributed by atoms with Crippen LogP contribution in [0.4, 0.5) is 29.1 Å². The Bertz CT molecular complexity index is 1370. The number of nitrogens with zero attached hydrogens (tertiary/aromatic N) is 2. The minimum Gasteiger partial charge on any atom is -0.495 e. The van der Waals surface area contributed by atoms with Crippen molar-refractivity contribution in [3.8, 4) is 23.3 Å². The summed E-state index contributed by atoms with van der Waals surface area (Å²) in [6.07, 6.45) is -5.08. The number of carboxylic acids is 1. The molecule has 0 atom stereocenters. The third-order valence-corrected chi connectivity index (χ3v) is 5.49. The molecule has 0 spiro atoms. The zero-order chi connectivity index (χ0) is 25.0. The van der Waals surface area contributed by atoms with E-state index in [0.717, 1.165) is 39.9 Å². The van der Waals surface area contributed by atoms with E-state index in [-0.39, 0.29) is 33.4 Å². The van der Waals surface area contributed by atoms with Gasteiger partial charge in [0, 0.05) is 10.9 Å². The van der Waals surface area contributed by atoms with Gasteiger partial charge < -0.3 is 14.6 Å². The highest BCUT2D eigenvalue weighted by Gasteiger charge is 2.32. The molecule has 34 heavy (non-hydrogen) atoms. The van der Waals surface area contributed by atoms with Crippen molar-refractivity contribution in [1.82, 2.24) is 4.98 Å². The van der Waals surface area contributed by atoms with Gasteiger partial charge in [0.1, 0.15) is 11.4 Å². The first kappa shape index (κ1) is 24.8. The number of benzene rings is 2. The summed E-state index contributed by atoms with van der Waals surface area (Å²) in [6, 6.07) is 6.23. The van der Waals surface area contributed by atoms with Gasteiger partial charge in [0.05, 0.1) is 12.7 Å². The van der Waals surface area contributed by atoms with E-state index >= 15 is 0 Å². The maximum absolute atomic E-state index is 13.5. The number of aromatic nitrogens is 1. The number of carboxylic acid groups (broad SMARTS) is 1. The van der Waals surface area contributed by atoms with Crippen molar-refractivity contribution in [3.63, 3.8) is 0 Å². The Morgan fingerprint density at radius 2 is 1.88 bits per heavy atom. The molecule has 1 aromatic heterocycles. The van der Waals surface area contributed by atoms with Crippen LogP contribution in [0.3, 0.4) is 0 Å². The predicted octanol–water partition coefficient (Wildman–Crippen LogP) is 3.95. The molecule has 0 unspecified atom stereocenters. The molecule has 0 saturated carbocycles. The van der Waals surface area contributed by atoms with Gasteiger partial charge in [-0.2, -0.15) is 0 Å². The molecular formula is C20H12F4N2O6S2. The van der Waals surface area contributed by atoms with Crippen LogP contribution in [-0.4, -0.2) is 37.9 Å². The van der Waals surface area contributed by atoms with Gasteiger partial charge in [-0.3, -0.25) is 0 Å². The molecule has 3 rings (SSSR count). The largest absolute Gasteiger partial charge is 0.573 e. The molecule has 3 aromatic rings. The Balaban J connectivity index is 1.93. The summed E-state index contributed by atoms with van der Waals surface area (Å²) in [4.78, 5) is 15.2. The Morgan fingerprint density at radius 1 is 1.15 bits per heavy atom. The fraction of sp³-hybridized carbons (Fsp3) is 0.100. The number of methoxy groups -OCH3 is 1. The van der Waals surface area contributed by atoms with Gasteiger partial charge in [-0.05, 0) is 42.3 Å². The number of rotatable bonds is 6. The highest BCUT2D eigenvalue weighted by Crippen LogP contribution is 2.35. The summed E-state index contributed by atoms with van der Waals surface area (Å²) >= 11 is 0.934. The number of ether oxygens (including phenoxy) is 2. The lowest BCUT2D eigenvalue weighted by Crippen LogP contribution is -2.18. The Morgan fingerprint density at radius 3 is 2.50 bits per heavy atom. The van der Waals surface area contributed by atoms with Gasteiger partial charge in [0.2, 0.25) is 10.9 Å². The fourth-order valence-electron chi connectivity index (χ4n) is 2.61. The standard InChI is InChI=1S/C20H12F4N2O6S2/c1-31-16-9-12(19(27)28)4-6-14(16)26(34(29)30)17-10-33-18(25-17)7-3-11-2-5-13(21)15(8-11)32-20(22,23)24/h2,4-6,8-10,34H,1H3,(H,27,28). The van der Waals surface area contributed by atoms with Gasteiger partial charge in [-0.15, -0.1) is 24.5 Å². The van der Waals surface area contributed by atoms with Crippen molar-refractivity contribution < 1.29 is 45.4 Å². The second kappa shape index (κ2) is 9.98. The summed E-state index contributed by atoms with van der Waals surface area (Å²) in [5, 5.41) is 10.6. The van der Waals surface area contributed by atoms with Crippen molar-refractivity contribution in [3.05, 3.63) is 63.7 Å². The SMILES string of the molecule is COc1cc(C(=O)O)ccc1N(c1csc(C#Cc2ccc(F)c(OC(F)(F)F)c2)n1)[SH](=O)=O. The number of aromatic carboxylic acids is 1. The van der Waals surface area contributed by atoms with Gasteiger partial charge in [-0.1, -0.05) is 5.92 Å². The summed E-state index contributed by atoms with van der Waals surface area (Å²) in [6.45, 7) is 0. The van der Waals surface area contributed by atoms with Crippen LogP contribution in [-0.2, 0) is 10.9 Å². The van der Waals surface area contributed by atoms with Gasteiger partial charge in [0.15, 0.2) is 22.4 Å². The molecule has 0 bridgehead atoms. The zero-order valence-electron chi connectivity index (χ0n) is 16.8. The average molecular weight is 516 g/mol. The second-order valence-electron chi connectivity index (χ2n) is 6.20. The van der Waals surface area contributed by atoms with Crippen LogP contribution in [0.1, 0.15) is 20.9 Å². The van der Waals surface area contributed by atoms with E-state index < -0.39 is 34.8 Å². The van der Waals surface area contributed by atoms with E-state index in [1.165, 1.54) is 24.6 Å². The van der Waals surface area contributed by atoms with Crippen LogP contribution in [0.15, 0.2) is 41.8 Å². The maximum atomic E-state index is 13.5. The molecule has 0 saturated heterocycles. The fourth-order valence-corrected chi connectivity index (χ4v) is 3.93. The first-order chi connectivity index (χ1) is 16.0. The third kappa shape index (κ3) is 5.94. The first-order valence-electron chi connectivity index (χ1n) is 8.87. The van der Waals surface area contributed by atoms with E-state index in [1.807, 2.05) is 0 Å². The van der Waals surface area contributed by atoms with Crippen LogP contribution in [0.5, 0.6) is 11.5 Å². The number of anilines is 2. The van der Waals surface area contributed by atoms with Crippen molar-refractivity contribution in [2.45, 2.75) is 6.36 Å². The summed E-state index contributed by atoms with van der Waals surface area (Å²) in [5.41, 5.74) is -0.129. The van der Waals surface area contributed by atoms with E-state index in [2.05, 4.69) is 21.6 Å². The van der Waals surface area contributed by atoms with E-state index in [4.69, 9.17) is 9.84 Å². The lowest BCUT2D eigenvalue weighted by atomic mass is 10.2. The molecule has 8 nitrogen and oxygen atoms in total. The number of thiol groups is 1. The Labute approximate surface area is 195 Å². The molecule has 0 fully saturated rings. The molecule has 0 amide bonds. The normalized spacial score (nSPS) is 11.0. The summed E-state index contributed by atoms with van der Waals surface area (Å²) in [5.74, 6) is 1.43. The maximum Gasteiger partial charge on any atom is 0.573 e. The Hall–Kier alpha value is -3.83. The molecule has 178 valence electrons. The molecule has 14 heteroatoms. The topological polar surface area (TPSA) is 106 Å². The van der Waals surface area contributed by atoms with Crippen LogP contribution in [0.25, 0.3) is 0 Å². The molecule has 1 heterocycles. The number of halogens is 4. The lowest BCUT2D eigenvalue weighted by molar-refractivity contribution is -0.275. The lowest BCUT2D eigenvalue weighted by Gasteiger charge is -2.18. The molecule has 0 aliphatic heterocycles. The molecule has 0 radical (unpaired) electrons. The number of carbonyl (C=O) groups is 1. The molecule has 1 N–H and O–H groups in total. The molecular weight excluding hydrogens is 504 g/mol. The quantitative estimate of drug-likeness (QED) is 0.290. The van der Waals surface area contributed by atoms with Crippen molar-refractivity contribution in [2.75, 3.05) is 11.4 Å². The summed E-state index contributed by atoms with van der Waals surface area (Å²) in [7, 11) is -2.05. The average Bonchev–Trinajstić information content (AvgIpc) is 3.21. The van der Waals surface area contributed by atoms with Crippen LogP contribution in [0.2, 0.25) is 0 Å². The van der Waals surface area contributed by atoms with E-state index in [0.29, 0.717) is 0 Å². The molecule has 2 aromatic carbocycles. The summed E-state index contributed by atoms with van der Waals surface area (Å²) < 4.78 is 84.0. The van der Waals surface area contributed by atoms with E-state index in [1.54, 1.807) is 0 Å². The van der Waals surface area contributed by atoms with Crippen molar-refractivity contribution in [2.24, 2.45) is 0 Å². The number of thiazole rings is 1. The third-order valence-electron chi connectivity index (χ3n) is 4.00. The monoisotopic (exact) mass is 516 g/mol. The van der Waals surface area contributed by atoms with Crippen LogP contribution < -0.4 is 13.8 Å². The van der Waals surface area contributed by atoms with Crippen LogP contribution in [0, 0.1) is 17.7 Å². The predicted molar refractivity (Wildman–Crippen MR) is 114 cm³/mol. The van der Waals surface area contributed by atoms with E-state index in [9.17, 15) is 30.8 Å². The molecule has 0 aliphatic carbocycles. The highest BCUT2D eigenvalue weighted by molar-refractivity contribution is 7.74. The number of hydrogen-bond acceptors (Lipinski definition) is 7. The zero-order valence-corrected chi connectivity index (χ0v) is 18.5. The minimum absolute atomic E-state index is 0.000830. The van der Waals surface area contributed by atoms with Gasteiger partial charge >= 0.3 is 12.3 Å². The van der Waals surface area contributed by atoms with Gasteiger partial charge in [-0.25, -0.2) is 26.9 Å². The first-order valence-corrected chi connectivity index (χ1v) is 10.9. The second-order valence-corrected chi connectivity index (χ2v) is 7.93. The number of alkyl halides is 3. The van der Waals surface area contributed by atoms with Crippen LogP contribution >= 0.6 is 11.3 Å². The highest BCUT2D eigenvalue weighted by atomic mass is 32.2. The van der Waals surface area contributed by atoms with Crippen molar-refractivity contribution in [1.29, 1.82) is 0 Å².